The third kappa shape index (κ3) is 2.76. The van der Waals surface area contributed by atoms with Crippen LogP contribution in [0.3, 0.4) is 0 Å². The average Bonchev–Trinajstić information content (AvgIpc) is 3.05. The maximum atomic E-state index is 12.7. The fourth-order valence-corrected chi connectivity index (χ4v) is 3.15. The van der Waals surface area contributed by atoms with Gasteiger partial charge in [-0.3, -0.25) is 14.5 Å². The van der Waals surface area contributed by atoms with Crippen LogP contribution in [0, 0.1) is 0 Å². The van der Waals surface area contributed by atoms with Gasteiger partial charge in [-0.2, -0.15) is 18.3 Å². The smallest absolute Gasteiger partial charge is 0.323 e. The average molecular weight is 344 g/mol. The molecule has 130 valence electrons. The topological polar surface area (TPSA) is 84.3 Å². The van der Waals surface area contributed by atoms with Gasteiger partial charge in [0.1, 0.15) is 5.54 Å². The monoisotopic (exact) mass is 344 g/mol. The van der Waals surface area contributed by atoms with Crippen molar-refractivity contribution in [3.63, 3.8) is 0 Å². The quantitative estimate of drug-likeness (QED) is 0.833. The Balaban J connectivity index is 1.75. The Bertz CT molecular complexity index is 738. The summed E-state index contributed by atoms with van der Waals surface area (Å²) in [5.74, 6) is -0.384. The molecule has 0 unspecified atom stereocenters. The molecule has 1 saturated carbocycles. The molecule has 1 N–H and O–H groups in total. The zero-order valence-electron chi connectivity index (χ0n) is 12.6. The number of imide groups is 1. The molecular formula is C14H15F3N4O3. The van der Waals surface area contributed by atoms with E-state index in [9.17, 15) is 27.6 Å². The second kappa shape index (κ2) is 5.60. The molecule has 2 fully saturated rings. The fraction of sp³-hybridized carbons (Fsp3) is 0.571. The number of carbonyl (C=O) groups is 2. The van der Waals surface area contributed by atoms with Gasteiger partial charge in [-0.25, -0.2) is 9.48 Å². The first-order chi connectivity index (χ1) is 11.2. The number of urea groups is 1. The number of alkyl halides is 3. The highest BCUT2D eigenvalue weighted by Gasteiger charge is 2.52. The van der Waals surface area contributed by atoms with Crippen molar-refractivity contribution in [2.24, 2.45) is 0 Å². The van der Waals surface area contributed by atoms with Crippen LogP contribution >= 0.6 is 0 Å². The maximum Gasteiger partial charge on any atom is 0.435 e. The maximum absolute atomic E-state index is 12.7. The zero-order chi connectivity index (χ0) is 17.5. The normalized spacial score (nSPS) is 20.0. The van der Waals surface area contributed by atoms with E-state index in [0.717, 1.165) is 23.8 Å². The molecule has 0 aromatic carbocycles. The fourth-order valence-electron chi connectivity index (χ4n) is 3.15. The Morgan fingerprint density at radius 1 is 1.12 bits per heavy atom. The second-order valence-corrected chi connectivity index (χ2v) is 5.95. The minimum Gasteiger partial charge on any atom is -0.323 e. The van der Waals surface area contributed by atoms with Crippen LogP contribution in [0.1, 0.15) is 31.4 Å². The van der Waals surface area contributed by atoms with Crippen LogP contribution in [0.2, 0.25) is 0 Å². The molecule has 1 aliphatic heterocycles. The summed E-state index contributed by atoms with van der Waals surface area (Å²) in [6, 6.07) is 0.780. The third-order valence-corrected chi connectivity index (χ3v) is 4.40. The van der Waals surface area contributed by atoms with E-state index in [1.54, 1.807) is 0 Å². The summed E-state index contributed by atoms with van der Waals surface area (Å²) in [6.07, 6.45) is -1.92. The summed E-state index contributed by atoms with van der Waals surface area (Å²) in [7, 11) is 0. The van der Waals surface area contributed by atoms with Crippen LogP contribution in [-0.4, -0.2) is 38.7 Å². The van der Waals surface area contributed by atoms with E-state index in [-0.39, 0.29) is 19.0 Å². The number of carbonyl (C=O) groups excluding carboxylic acids is 2. The van der Waals surface area contributed by atoms with Gasteiger partial charge in [0.05, 0.1) is 13.1 Å². The number of halogens is 3. The van der Waals surface area contributed by atoms with E-state index < -0.39 is 29.0 Å². The van der Waals surface area contributed by atoms with Crippen molar-refractivity contribution < 1.29 is 22.8 Å². The van der Waals surface area contributed by atoms with Crippen LogP contribution in [0.25, 0.3) is 0 Å². The summed E-state index contributed by atoms with van der Waals surface area (Å²) in [5, 5.41) is 5.92. The Kier molecular flexibility index (Phi) is 3.84. The third-order valence-electron chi connectivity index (χ3n) is 4.40. The molecule has 1 aromatic rings. The number of aromatic nitrogens is 2. The van der Waals surface area contributed by atoms with E-state index in [0.29, 0.717) is 23.6 Å². The first-order valence-electron chi connectivity index (χ1n) is 7.52. The molecule has 0 atom stereocenters. The van der Waals surface area contributed by atoms with E-state index >= 15 is 0 Å². The predicted molar refractivity (Wildman–Crippen MR) is 74.9 cm³/mol. The molecule has 24 heavy (non-hydrogen) atoms. The molecule has 2 heterocycles. The minimum absolute atomic E-state index is 0.208. The Morgan fingerprint density at radius 3 is 2.42 bits per heavy atom. The summed E-state index contributed by atoms with van der Waals surface area (Å²) in [4.78, 5) is 37.0. The summed E-state index contributed by atoms with van der Waals surface area (Å²) in [5.41, 5.74) is -2.82. The number of rotatable bonds is 3. The highest BCUT2D eigenvalue weighted by atomic mass is 19.4. The molecule has 2 aliphatic rings. The molecule has 1 spiro atoms. The molecule has 3 amide bonds. The van der Waals surface area contributed by atoms with Crippen molar-refractivity contribution >= 4 is 11.9 Å². The number of nitrogens with zero attached hydrogens (tertiary/aromatic N) is 3. The molecule has 1 aliphatic carbocycles. The largest absolute Gasteiger partial charge is 0.435 e. The lowest BCUT2D eigenvalue weighted by Gasteiger charge is -2.20. The number of amides is 3. The number of hydrogen-bond acceptors (Lipinski definition) is 4. The first-order valence-corrected chi connectivity index (χ1v) is 7.52. The zero-order valence-corrected chi connectivity index (χ0v) is 12.6. The van der Waals surface area contributed by atoms with Crippen molar-refractivity contribution in [1.82, 2.24) is 20.0 Å². The van der Waals surface area contributed by atoms with Crippen molar-refractivity contribution in [3.8, 4) is 0 Å². The van der Waals surface area contributed by atoms with Crippen LogP contribution < -0.4 is 10.9 Å². The van der Waals surface area contributed by atoms with Gasteiger partial charge in [-0.1, -0.05) is 12.8 Å². The summed E-state index contributed by atoms with van der Waals surface area (Å²) >= 11 is 0. The standard InChI is InChI=1S/C14H15F3N4O3/c15-14(16,17)9-3-4-10(22)21(19-9)8-7-20-11(23)13(18-12(20)24)5-1-2-6-13/h3-4H,1-2,5-8H2,(H,18,24). The van der Waals surface area contributed by atoms with Crippen molar-refractivity contribution in [3.05, 3.63) is 28.2 Å². The molecule has 0 radical (unpaired) electrons. The van der Waals surface area contributed by atoms with Crippen LogP contribution in [-0.2, 0) is 17.5 Å². The molecule has 1 saturated heterocycles. The van der Waals surface area contributed by atoms with Gasteiger partial charge < -0.3 is 5.32 Å². The van der Waals surface area contributed by atoms with Crippen LogP contribution in [0.15, 0.2) is 16.9 Å². The van der Waals surface area contributed by atoms with Gasteiger partial charge in [-0.05, 0) is 18.9 Å². The Morgan fingerprint density at radius 2 is 1.79 bits per heavy atom. The lowest BCUT2D eigenvalue weighted by molar-refractivity contribution is -0.142. The van der Waals surface area contributed by atoms with Crippen LogP contribution in [0.5, 0.6) is 0 Å². The van der Waals surface area contributed by atoms with Crippen molar-refractivity contribution in [1.29, 1.82) is 0 Å². The molecule has 10 heteroatoms. The van der Waals surface area contributed by atoms with Gasteiger partial charge >= 0.3 is 12.2 Å². The van der Waals surface area contributed by atoms with Crippen molar-refractivity contribution in [2.75, 3.05) is 6.54 Å². The van der Waals surface area contributed by atoms with E-state index in [1.165, 1.54) is 0 Å². The minimum atomic E-state index is -4.68. The highest BCUT2D eigenvalue weighted by Crippen LogP contribution is 2.34. The van der Waals surface area contributed by atoms with E-state index in [4.69, 9.17) is 0 Å². The SMILES string of the molecule is O=C1NC2(CCCC2)C(=O)N1CCn1nc(C(F)(F)F)ccc1=O. The van der Waals surface area contributed by atoms with Gasteiger partial charge in [0, 0.05) is 6.07 Å². The Hall–Kier alpha value is -2.39. The van der Waals surface area contributed by atoms with E-state index in [1.807, 2.05) is 0 Å². The number of nitrogens with one attached hydrogen (secondary N) is 1. The molecule has 0 bridgehead atoms. The highest BCUT2D eigenvalue weighted by molar-refractivity contribution is 6.07. The summed E-state index contributed by atoms with van der Waals surface area (Å²) in [6.45, 7) is -0.501. The van der Waals surface area contributed by atoms with E-state index in [2.05, 4.69) is 10.4 Å². The van der Waals surface area contributed by atoms with Gasteiger partial charge in [0.15, 0.2) is 5.69 Å². The van der Waals surface area contributed by atoms with Gasteiger partial charge in [-0.15, -0.1) is 0 Å². The summed E-state index contributed by atoms with van der Waals surface area (Å²) < 4.78 is 38.6. The molecule has 1 aromatic heterocycles. The second-order valence-electron chi connectivity index (χ2n) is 5.95. The molecular weight excluding hydrogens is 329 g/mol. The van der Waals surface area contributed by atoms with Crippen molar-refractivity contribution in [2.45, 2.75) is 43.9 Å². The Labute approximate surface area is 134 Å². The number of hydrogen-bond donors (Lipinski definition) is 1. The van der Waals surface area contributed by atoms with Gasteiger partial charge in [0.25, 0.3) is 11.5 Å². The molecule has 3 rings (SSSR count). The molecule has 7 nitrogen and oxygen atoms in total. The first kappa shape index (κ1) is 16.5. The predicted octanol–water partition coefficient (Wildman–Crippen LogP) is 1.13. The lowest BCUT2D eigenvalue weighted by Crippen LogP contribution is -2.44. The lowest BCUT2D eigenvalue weighted by atomic mass is 9.98. The van der Waals surface area contributed by atoms with Gasteiger partial charge in [0.2, 0.25) is 0 Å². The van der Waals surface area contributed by atoms with Crippen LogP contribution in [0.4, 0.5) is 18.0 Å².